The van der Waals surface area contributed by atoms with E-state index in [0.29, 0.717) is 6.29 Å². The van der Waals surface area contributed by atoms with E-state index < -0.39 is 11.6 Å². The van der Waals surface area contributed by atoms with E-state index in [9.17, 15) is 9.18 Å². The third-order valence-electron chi connectivity index (χ3n) is 1.44. The number of ether oxygens (including phenoxy) is 1. The molecule has 4 heteroatoms. The fraction of sp³-hybridized carbons (Fsp3) is 0.125. The molecule has 0 amide bonds. The Hall–Kier alpha value is -1.58. The van der Waals surface area contributed by atoms with Crippen molar-refractivity contribution in [2.75, 3.05) is 7.11 Å². The molecule has 0 spiro atoms. The van der Waals surface area contributed by atoms with Gasteiger partial charge in [-0.25, -0.2) is 0 Å². The molecule has 0 bridgehead atoms. The summed E-state index contributed by atoms with van der Waals surface area (Å²) in [6, 6.07) is 2.38. The van der Waals surface area contributed by atoms with Crippen LogP contribution in [0.15, 0.2) is 12.1 Å². The van der Waals surface area contributed by atoms with Crippen LogP contribution >= 0.6 is 0 Å². The number of phenols is 1. The van der Waals surface area contributed by atoms with Crippen LogP contribution in [0.4, 0.5) is 4.39 Å². The summed E-state index contributed by atoms with van der Waals surface area (Å²) in [5.74, 6) is -1.68. The molecule has 0 unspecified atom stereocenters. The van der Waals surface area contributed by atoms with Crippen LogP contribution in [0.5, 0.6) is 11.5 Å². The van der Waals surface area contributed by atoms with Crippen LogP contribution in [-0.2, 0) is 0 Å². The maximum atomic E-state index is 12.9. The summed E-state index contributed by atoms with van der Waals surface area (Å²) >= 11 is 0. The van der Waals surface area contributed by atoms with Crippen molar-refractivity contribution in [1.29, 1.82) is 0 Å². The predicted octanol–water partition coefficient (Wildman–Crippen LogP) is 1.35. The Morgan fingerprint density at radius 2 is 2.25 bits per heavy atom. The highest BCUT2D eigenvalue weighted by molar-refractivity contribution is 5.79. The van der Waals surface area contributed by atoms with Gasteiger partial charge < -0.3 is 9.84 Å². The standard InChI is InChI=1S/C8H7FO3/c1-12-8-5(4-10)2-3-6(11)7(8)9/h2-4,11H,1H3. The van der Waals surface area contributed by atoms with Gasteiger partial charge in [-0.3, -0.25) is 4.79 Å². The van der Waals surface area contributed by atoms with E-state index >= 15 is 0 Å². The minimum absolute atomic E-state index is 0.0767. The number of carbonyl (C=O) groups excluding carboxylic acids is 1. The molecule has 64 valence electrons. The number of rotatable bonds is 2. The molecule has 0 aliphatic carbocycles. The van der Waals surface area contributed by atoms with E-state index in [4.69, 9.17) is 5.11 Å². The molecule has 0 atom stereocenters. The fourth-order valence-corrected chi connectivity index (χ4v) is 0.861. The second kappa shape index (κ2) is 3.21. The average molecular weight is 170 g/mol. The molecule has 0 heterocycles. The lowest BCUT2D eigenvalue weighted by Gasteiger charge is -2.04. The highest BCUT2D eigenvalue weighted by Gasteiger charge is 2.12. The maximum absolute atomic E-state index is 12.9. The number of benzene rings is 1. The molecule has 1 aromatic rings. The van der Waals surface area contributed by atoms with Crippen LogP contribution in [0.1, 0.15) is 10.4 Å². The fourth-order valence-electron chi connectivity index (χ4n) is 0.861. The van der Waals surface area contributed by atoms with E-state index in [1.54, 1.807) is 0 Å². The Labute approximate surface area is 68.4 Å². The lowest BCUT2D eigenvalue weighted by Crippen LogP contribution is -1.94. The number of hydrogen-bond donors (Lipinski definition) is 1. The Balaban J connectivity index is 3.35. The number of methoxy groups -OCH3 is 1. The molecular weight excluding hydrogens is 163 g/mol. The molecule has 0 saturated heterocycles. The number of carbonyl (C=O) groups is 1. The minimum Gasteiger partial charge on any atom is -0.505 e. The van der Waals surface area contributed by atoms with Crippen LogP contribution in [0, 0.1) is 5.82 Å². The number of aldehydes is 1. The highest BCUT2D eigenvalue weighted by atomic mass is 19.1. The van der Waals surface area contributed by atoms with Gasteiger partial charge in [-0.05, 0) is 12.1 Å². The Bertz CT molecular complexity index is 309. The lowest BCUT2D eigenvalue weighted by atomic mass is 10.2. The molecule has 1 rings (SSSR count). The van der Waals surface area contributed by atoms with E-state index in [0.717, 1.165) is 6.07 Å². The van der Waals surface area contributed by atoms with Crippen molar-refractivity contribution >= 4 is 6.29 Å². The maximum Gasteiger partial charge on any atom is 0.207 e. The molecule has 0 aromatic heterocycles. The zero-order valence-corrected chi connectivity index (χ0v) is 6.37. The third kappa shape index (κ3) is 1.23. The van der Waals surface area contributed by atoms with Crippen LogP contribution in [0.3, 0.4) is 0 Å². The Kier molecular flexibility index (Phi) is 2.28. The van der Waals surface area contributed by atoms with Gasteiger partial charge in [-0.15, -0.1) is 0 Å². The van der Waals surface area contributed by atoms with E-state index in [2.05, 4.69) is 4.74 Å². The lowest BCUT2D eigenvalue weighted by molar-refractivity contribution is 0.111. The highest BCUT2D eigenvalue weighted by Crippen LogP contribution is 2.28. The molecule has 3 nitrogen and oxygen atoms in total. The van der Waals surface area contributed by atoms with Gasteiger partial charge in [0.15, 0.2) is 17.8 Å². The molecule has 0 fully saturated rings. The van der Waals surface area contributed by atoms with Gasteiger partial charge in [-0.1, -0.05) is 0 Å². The number of phenolic OH excluding ortho intramolecular Hbond substituents is 1. The van der Waals surface area contributed by atoms with Gasteiger partial charge in [-0.2, -0.15) is 4.39 Å². The van der Waals surface area contributed by atoms with E-state index in [-0.39, 0.29) is 11.3 Å². The summed E-state index contributed by atoms with van der Waals surface area (Å²) in [5.41, 5.74) is 0.0767. The second-order valence-electron chi connectivity index (χ2n) is 2.14. The van der Waals surface area contributed by atoms with E-state index in [1.807, 2.05) is 0 Å². The third-order valence-corrected chi connectivity index (χ3v) is 1.44. The molecule has 0 aliphatic rings. The normalized spacial score (nSPS) is 9.50. The minimum atomic E-state index is -0.915. The van der Waals surface area contributed by atoms with Crippen molar-refractivity contribution in [1.82, 2.24) is 0 Å². The van der Waals surface area contributed by atoms with Gasteiger partial charge >= 0.3 is 0 Å². The van der Waals surface area contributed by atoms with Gasteiger partial charge in [0.05, 0.1) is 12.7 Å². The molecule has 1 aromatic carbocycles. The summed E-state index contributed by atoms with van der Waals surface area (Å²) in [5, 5.41) is 8.88. The van der Waals surface area contributed by atoms with Crippen LogP contribution in [0.2, 0.25) is 0 Å². The summed E-state index contributed by atoms with van der Waals surface area (Å²) in [6.07, 6.45) is 0.460. The molecule has 1 N–H and O–H groups in total. The van der Waals surface area contributed by atoms with Gasteiger partial charge in [0.1, 0.15) is 0 Å². The predicted molar refractivity (Wildman–Crippen MR) is 40.0 cm³/mol. The first-order chi connectivity index (χ1) is 5.70. The quantitative estimate of drug-likeness (QED) is 0.681. The molecule has 0 radical (unpaired) electrons. The molecule has 0 saturated carbocycles. The Morgan fingerprint density at radius 1 is 1.58 bits per heavy atom. The smallest absolute Gasteiger partial charge is 0.207 e. The van der Waals surface area contributed by atoms with Crippen molar-refractivity contribution in [3.05, 3.63) is 23.5 Å². The summed E-state index contributed by atoms with van der Waals surface area (Å²) in [4.78, 5) is 10.3. The second-order valence-corrected chi connectivity index (χ2v) is 2.14. The van der Waals surface area contributed by atoms with Gasteiger partial charge in [0, 0.05) is 0 Å². The summed E-state index contributed by atoms with van der Waals surface area (Å²) in [7, 11) is 1.23. The SMILES string of the molecule is COc1c(C=O)ccc(O)c1F. The van der Waals surface area contributed by atoms with Crippen molar-refractivity contribution in [2.45, 2.75) is 0 Å². The summed E-state index contributed by atoms with van der Waals surface area (Å²) < 4.78 is 17.5. The first-order valence-corrected chi connectivity index (χ1v) is 3.21. The topological polar surface area (TPSA) is 46.5 Å². The Morgan fingerprint density at radius 3 is 2.75 bits per heavy atom. The van der Waals surface area contributed by atoms with Crippen LogP contribution in [-0.4, -0.2) is 18.5 Å². The van der Waals surface area contributed by atoms with Gasteiger partial charge in [0.2, 0.25) is 5.82 Å². The molecular formula is C8H7FO3. The number of hydrogen-bond acceptors (Lipinski definition) is 3. The van der Waals surface area contributed by atoms with Crippen molar-refractivity contribution in [3.8, 4) is 11.5 Å². The largest absolute Gasteiger partial charge is 0.505 e. The van der Waals surface area contributed by atoms with Crippen LogP contribution < -0.4 is 4.74 Å². The number of halogens is 1. The first-order valence-electron chi connectivity index (χ1n) is 3.21. The molecule has 0 aliphatic heterocycles. The first kappa shape index (κ1) is 8.52. The monoisotopic (exact) mass is 170 g/mol. The van der Waals surface area contributed by atoms with Crippen molar-refractivity contribution in [3.63, 3.8) is 0 Å². The van der Waals surface area contributed by atoms with Crippen molar-refractivity contribution < 1.29 is 19.0 Å². The zero-order chi connectivity index (χ0) is 9.14. The summed E-state index contributed by atoms with van der Waals surface area (Å²) in [6.45, 7) is 0. The van der Waals surface area contributed by atoms with Crippen LogP contribution in [0.25, 0.3) is 0 Å². The van der Waals surface area contributed by atoms with Gasteiger partial charge in [0.25, 0.3) is 0 Å². The average Bonchev–Trinajstić information content (AvgIpc) is 2.09. The van der Waals surface area contributed by atoms with Crippen molar-refractivity contribution in [2.24, 2.45) is 0 Å². The number of aromatic hydroxyl groups is 1. The molecule has 12 heavy (non-hydrogen) atoms. The van der Waals surface area contributed by atoms with E-state index in [1.165, 1.54) is 13.2 Å². The zero-order valence-electron chi connectivity index (χ0n) is 6.37.